The Morgan fingerprint density at radius 3 is 2.40 bits per heavy atom. The van der Waals surface area contributed by atoms with Gasteiger partial charge in [0.25, 0.3) is 5.91 Å². The SMILES string of the molecule is CCCCOC(=O)c1ccc(NC(=O)c2c(C)nn(Cc3ccccc3)c2C)cc1. The molecule has 0 radical (unpaired) electrons. The van der Waals surface area contributed by atoms with E-state index in [2.05, 4.69) is 10.4 Å². The summed E-state index contributed by atoms with van der Waals surface area (Å²) in [5.74, 6) is -0.571. The van der Waals surface area contributed by atoms with Crippen molar-refractivity contribution in [2.75, 3.05) is 11.9 Å². The van der Waals surface area contributed by atoms with Crippen LogP contribution in [0.1, 0.15) is 57.4 Å². The number of amides is 1. The van der Waals surface area contributed by atoms with Crippen LogP contribution in [-0.4, -0.2) is 28.3 Å². The highest BCUT2D eigenvalue weighted by Crippen LogP contribution is 2.18. The Bertz CT molecular complexity index is 1010. The van der Waals surface area contributed by atoms with Crippen molar-refractivity contribution in [3.63, 3.8) is 0 Å². The number of rotatable bonds is 8. The second-order valence-corrected chi connectivity index (χ2v) is 7.21. The van der Waals surface area contributed by atoms with Crippen molar-refractivity contribution in [2.24, 2.45) is 0 Å². The van der Waals surface area contributed by atoms with Gasteiger partial charge in [-0.1, -0.05) is 43.7 Å². The van der Waals surface area contributed by atoms with E-state index in [1.807, 2.05) is 55.8 Å². The van der Waals surface area contributed by atoms with Crippen LogP contribution in [0.3, 0.4) is 0 Å². The van der Waals surface area contributed by atoms with Gasteiger partial charge in [0.05, 0.1) is 30.0 Å². The van der Waals surface area contributed by atoms with Gasteiger partial charge in [-0.25, -0.2) is 4.79 Å². The van der Waals surface area contributed by atoms with Gasteiger partial charge in [-0.2, -0.15) is 5.10 Å². The number of carbonyl (C=O) groups is 2. The fourth-order valence-corrected chi connectivity index (χ4v) is 3.21. The second-order valence-electron chi connectivity index (χ2n) is 7.21. The molecule has 1 N–H and O–H groups in total. The van der Waals surface area contributed by atoms with E-state index < -0.39 is 0 Å². The lowest BCUT2D eigenvalue weighted by Crippen LogP contribution is -2.14. The first-order chi connectivity index (χ1) is 14.5. The van der Waals surface area contributed by atoms with Gasteiger partial charge < -0.3 is 10.1 Å². The lowest BCUT2D eigenvalue weighted by molar-refractivity contribution is 0.0499. The molecule has 0 unspecified atom stereocenters. The zero-order chi connectivity index (χ0) is 21.5. The Kier molecular flexibility index (Phi) is 7.01. The first-order valence-corrected chi connectivity index (χ1v) is 10.2. The summed E-state index contributed by atoms with van der Waals surface area (Å²) in [6, 6.07) is 16.7. The summed E-state index contributed by atoms with van der Waals surface area (Å²) >= 11 is 0. The van der Waals surface area contributed by atoms with E-state index in [0.717, 1.165) is 24.1 Å². The standard InChI is InChI=1S/C24H27N3O3/c1-4-5-15-30-24(29)20-11-13-21(14-12-20)25-23(28)22-17(2)26-27(18(22)3)16-19-9-7-6-8-10-19/h6-14H,4-5,15-16H2,1-3H3,(H,25,28). The molecule has 6 heteroatoms. The quantitative estimate of drug-likeness (QED) is 0.433. The summed E-state index contributed by atoms with van der Waals surface area (Å²) in [6.45, 7) is 6.79. The predicted octanol–water partition coefficient (Wildman–Crippen LogP) is 4.76. The minimum absolute atomic E-state index is 0.220. The molecule has 0 aliphatic rings. The van der Waals surface area contributed by atoms with Crippen LogP contribution in [0.5, 0.6) is 0 Å². The molecule has 1 amide bonds. The molecule has 0 saturated carbocycles. The Hall–Kier alpha value is -3.41. The van der Waals surface area contributed by atoms with Crippen LogP contribution < -0.4 is 5.32 Å². The molecule has 0 aliphatic heterocycles. The number of ether oxygens (including phenoxy) is 1. The fourth-order valence-electron chi connectivity index (χ4n) is 3.21. The Balaban J connectivity index is 1.68. The van der Waals surface area contributed by atoms with Gasteiger partial charge >= 0.3 is 5.97 Å². The molecule has 0 spiro atoms. The van der Waals surface area contributed by atoms with Crippen LogP contribution in [0.25, 0.3) is 0 Å². The van der Waals surface area contributed by atoms with Gasteiger partial charge in [0.1, 0.15) is 0 Å². The van der Waals surface area contributed by atoms with E-state index in [1.54, 1.807) is 24.3 Å². The molecule has 30 heavy (non-hydrogen) atoms. The number of hydrogen-bond donors (Lipinski definition) is 1. The van der Waals surface area contributed by atoms with E-state index in [4.69, 9.17) is 4.74 Å². The van der Waals surface area contributed by atoms with Gasteiger partial charge in [-0.15, -0.1) is 0 Å². The summed E-state index contributed by atoms with van der Waals surface area (Å²) in [4.78, 5) is 24.9. The maximum absolute atomic E-state index is 12.9. The van der Waals surface area contributed by atoms with E-state index in [-0.39, 0.29) is 11.9 Å². The molecule has 0 aliphatic carbocycles. The molecule has 0 atom stereocenters. The lowest BCUT2D eigenvalue weighted by Gasteiger charge is -2.08. The average Bonchev–Trinajstić information content (AvgIpc) is 3.02. The third kappa shape index (κ3) is 5.14. The van der Waals surface area contributed by atoms with Crippen molar-refractivity contribution in [3.05, 3.63) is 82.7 Å². The second kappa shape index (κ2) is 9.87. The van der Waals surface area contributed by atoms with Crippen LogP contribution in [-0.2, 0) is 11.3 Å². The normalized spacial score (nSPS) is 10.6. The number of unbranched alkanes of at least 4 members (excludes halogenated alkanes) is 1. The maximum atomic E-state index is 12.9. The van der Waals surface area contributed by atoms with Crippen molar-refractivity contribution in [2.45, 2.75) is 40.2 Å². The number of aromatic nitrogens is 2. The highest BCUT2D eigenvalue weighted by molar-refractivity contribution is 6.06. The zero-order valence-electron chi connectivity index (χ0n) is 17.6. The molecular weight excluding hydrogens is 378 g/mol. The van der Waals surface area contributed by atoms with E-state index in [0.29, 0.717) is 35.7 Å². The molecule has 156 valence electrons. The van der Waals surface area contributed by atoms with Gasteiger partial charge in [-0.05, 0) is 50.1 Å². The smallest absolute Gasteiger partial charge is 0.338 e. The summed E-state index contributed by atoms with van der Waals surface area (Å²) in [5.41, 5.74) is 4.25. The van der Waals surface area contributed by atoms with Gasteiger partial charge in [0.15, 0.2) is 0 Å². The number of carbonyl (C=O) groups excluding carboxylic acids is 2. The van der Waals surface area contributed by atoms with Crippen molar-refractivity contribution in [3.8, 4) is 0 Å². The number of anilines is 1. The van der Waals surface area contributed by atoms with Crippen LogP contribution in [0.15, 0.2) is 54.6 Å². The largest absolute Gasteiger partial charge is 0.462 e. The Labute approximate surface area is 176 Å². The van der Waals surface area contributed by atoms with Crippen molar-refractivity contribution in [1.29, 1.82) is 0 Å². The third-order valence-corrected chi connectivity index (χ3v) is 4.89. The van der Waals surface area contributed by atoms with Crippen molar-refractivity contribution < 1.29 is 14.3 Å². The molecule has 3 aromatic rings. The van der Waals surface area contributed by atoms with Gasteiger partial charge in [-0.3, -0.25) is 9.48 Å². The molecular formula is C24H27N3O3. The molecule has 6 nitrogen and oxygen atoms in total. The Morgan fingerprint density at radius 2 is 1.73 bits per heavy atom. The number of benzene rings is 2. The zero-order valence-corrected chi connectivity index (χ0v) is 17.6. The molecule has 0 saturated heterocycles. The number of nitrogens with one attached hydrogen (secondary N) is 1. The van der Waals surface area contributed by atoms with Crippen LogP contribution in [0.4, 0.5) is 5.69 Å². The Morgan fingerprint density at radius 1 is 1.03 bits per heavy atom. The maximum Gasteiger partial charge on any atom is 0.338 e. The molecule has 3 rings (SSSR count). The minimum Gasteiger partial charge on any atom is -0.462 e. The van der Waals surface area contributed by atoms with Crippen LogP contribution in [0, 0.1) is 13.8 Å². The molecule has 1 heterocycles. The first-order valence-electron chi connectivity index (χ1n) is 10.2. The van der Waals surface area contributed by atoms with E-state index >= 15 is 0 Å². The number of aryl methyl sites for hydroxylation is 1. The highest BCUT2D eigenvalue weighted by Gasteiger charge is 2.19. The number of esters is 1. The molecule has 0 bridgehead atoms. The van der Waals surface area contributed by atoms with E-state index in [9.17, 15) is 9.59 Å². The average molecular weight is 405 g/mol. The monoisotopic (exact) mass is 405 g/mol. The minimum atomic E-state index is -0.352. The van der Waals surface area contributed by atoms with Gasteiger partial charge in [0, 0.05) is 11.4 Å². The lowest BCUT2D eigenvalue weighted by atomic mass is 10.1. The molecule has 1 aromatic heterocycles. The number of nitrogens with zero attached hydrogens (tertiary/aromatic N) is 2. The summed E-state index contributed by atoms with van der Waals surface area (Å²) in [7, 11) is 0. The van der Waals surface area contributed by atoms with E-state index in [1.165, 1.54) is 0 Å². The fraction of sp³-hybridized carbons (Fsp3) is 0.292. The number of hydrogen-bond acceptors (Lipinski definition) is 4. The first kappa shape index (κ1) is 21.3. The summed E-state index contributed by atoms with van der Waals surface area (Å²) in [6.07, 6.45) is 1.82. The summed E-state index contributed by atoms with van der Waals surface area (Å²) < 4.78 is 7.05. The molecule has 2 aromatic carbocycles. The summed E-state index contributed by atoms with van der Waals surface area (Å²) in [5, 5.41) is 7.43. The van der Waals surface area contributed by atoms with Crippen LogP contribution in [0.2, 0.25) is 0 Å². The predicted molar refractivity (Wildman–Crippen MR) is 117 cm³/mol. The van der Waals surface area contributed by atoms with Gasteiger partial charge in [0.2, 0.25) is 0 Å². The third-order valence-electron chi connectivity index (χ3n) is 4.89. The highest BCUT2D eigenvalue weighted by atomic mass is 16.5. The molecule has 0 fully saturated rings. The topological polar surface area (TPSA) is 73.2 Å². The van der Waals surface area contributed by atoms with Crippen molar-refractivity contribution >= 4 is 17.6 Å². The van der Waals surface area contributed by atoms with Crippen molar-refractivity contribution in [1.82, 2.24) is 9.78 Å². The van der Waals surface area contributed by atoms with Crippen LogP contribution >= 0.6 is 0 Å².